The first-order valence-electron chi connectivity index (χ1n) is 5.00. The van der Waals surface area contributed by atoms with Crippen LogP contribution in [-0.4, -0.2) is 21.0 Å². The molecule has 0 saturated carbocycles. The van der Waals surface area contributed by atoms with Gasteiger partial charge in [0.2, 0.25) is 0 Å². The summed E-state index contributed by atoms with van der Waals surface area (Å²) in [5.74, 6) is 0.832. The molecule has 0 amide bonds. The fraction of sp³-hybridized carbons (Fsp3) is 0.0909. The summed E-state index contributed by atoms with van der Waals surface area (Å²) in [6.07, 6.45) is 3.57. The molecule has 0 saturated heterocycles. The van der Waals surface area contributed by atoms with E-state index in [-0.39, 0.29) is 11.3 Å². The molecule has 0 N–H and O–H groups in total. The fourth-order valence-electron chi connectivity index (χ4n) is 1.44. The number of hydrogen-bond acceptors (Lipinski definition) is 5. The second-order valence-electron chi connectivity index (χ2n) is 3.55. The highest BCUT2D eigenvalue weighted by Gasteiger charge is 2.14. The van der Waals surface area contributed by atoms with Crippen molar-refractivity contribution in [2.75, 3.05) is 0 Å². The highest BCUT2D eigenvalue weighted by molar-refractivity contribution is 5.82. The van der Waals surface area contributed by atoms with Gasteiger partial charge >= 0.3 is 0 Å². The Morgan fingerprint density at radius 1 is 1.44 bits per heavy atom. The SMILES string of the molecule is Cn1cc(Oc2ccc([N+](=O)[O-])c(C=O)c2)cn1. The second kappa shape index (κ2) is 4.66. The van der Waals surface area contributed by atoms with E-state index in [9.17, 15) is 14.9 Å². The first kappa shape index (κ1) is 11.8. The Balaban J connectivity index is 2.30. The number of rotatable bonds is 4. The quantitative estimate of drug-likeness (QED) is 0.468. The zero-order chi connectivity index (χ0) is 13.1. The van der Waals surface area contributed by atoms with Crippen LogP contribution in [-0.2, 0) is 7.05 Å². The number of nitro benzene ring substituents is 1. The summed E-state index contributed by atoms with van der Waals surface area (Å²) in [4.78, 5) is 20.8. The molecule has 0 aliphatic rings. The molecule has 7 heteroatoms. The van der Waals surface area contributed by atoms with Crippen molar-refractivity contribution in [3.8, 4) is 11.5 Å². The van der Waals surface area contributed by atoms with Crippen LogP contribution in [0.3, 0.4) is 0 Å². The summed E-state index contributed by atoms with van der Waals surface area (Å²) in [7, 11) is 1.74. The number of benzene rings is 1. The fourth-order valence-corrected chi connectivity index (χ4v) is 1.44. The van der Waals surface area contributed by atoms with Gasteiger partial charge in [-0.2, -0.15) is 5.10 Å². The highest BCUT2D eigenvalue weighted by Crippen LogP contribution is 2.26. The van der Waals surface area contributed by atoms with Crippen LogP contribution in [0.25, 0.3) is 0 Å². The monoisotopic (exact) mass is 247 g/mol. The molecule has 0 fully saturated rings. The Morgan fingerprint density at radius 3 is 2.78 bits per heavy atom. The normalized spacial score (nSPS) is 10.1. The minimum atomic E-state index is -0.614. The molecule has 0 bridgehead atoms. The molecule has 0 aliphatic heterocycles. The van der Waals surface area contributed by atoms with Crippen LogP contribution >= 0.6 is 0 Å². The number of aryl methyl sites for hydroxylation is 1. The molecule has 0 spiro atoms. The lowest BCUT2D eigenvalue weighted by molar-refractivity contribution is -0.385. The lowest BCUT2D eigenvalue weighted by Crippen LogP contribution is -1.95. The van der Waals surface area contributed by atoms with Gasteiger partial charge in [0.05, 0.1) is 22.9 Å². The van der Waals surface area contributed by atoms with E-state index in [1.807, 2.05) is 0 Å². The number of carbonyl (C=O) groups excluding carboxylic acids is 1. The lowest BCUT2D eigenvalue weighted by atomic mass is 10.2. The molecular formula is C11H9N3O4. The molecular weight excluding hydrogens is 238 g/mol. The Morgan fingerprint density at radius 2 is 2.22 bits per heavy atom. The van der Waals surface area contributed by atoms with E-state index in [0.717, 1.165) is 0 Å². The summed E-state index contributed by atoms with van der Waals surface area (Å²) < 4.78 is 6.97. The number of aldehydes is 1. The van der Waals surface area contributed by atoms with Crippen LogP contribution in [0.2, 0.25) is 0 Å². The molecule has 0 unspecified atom stereocenters. The van der Waals surface area contributed by atoms with Crippen LogP contribution in [0.4, 0.5) is 5.69 Å². The Kier molecular flexibility index (Phi) is 3.05. The maximum Gasteiger partial charge on any atom is 0.280 e. The van der Waals surface area contributed by atoms with E-state index in [4.69, 9.17) is 4.74 Å². The molecule has 7 nitrogen and oxygen atoms in total. The molecule has 2 aromatic rings. The van der Waals surface area contributed by atoms with Gasteiger partial charge in [-0.1, -0.05) is 0 Å². The van der Waals surface area contributed by atoms with E-state index < -0.39 is 4.92 Å². The molecule has 1 heterocycles. The van der Waals surface area contributed by atoms with Gasteiger partial charge in [-0.25, -0.2) is 0 Å². The van der Waals surface area contributed by atoms with Crippen molar-refractivity contribution in [3.63, 3.8) is 0 Å². The van der Waals surface area contributed by atoms with Gasteiger partial charge in [-0.3, -0.25) is 19.6 Å². The predicted molar refractivity (Wildman–Crippen MR) is 61.8 cm³/mol. The molecule has 0 atom stereocenters. The summed E-state index contributed by atoms with van der Waals surface area (Å²) >= 11 is 0. The number of nitrogens with zero attached hydrogens (tertiary/aromatic N) is 3. The Hall–Kier alpha value is -2.70. The van der Waals surface area contributed by atoms with Gasteiger partial charge in [0.1, 0.15) is 5.75 Å². The van der Waals surface area contributed by atoms with E-state index in [1.54, 1.807) is 17.9 Å². The van der Waals surface area contributed by atoms with Crippen LogP contribution in [0.1, 0.15) is 10.4 Å². The minimum absolute atomic E-state index is 0.0265. The summed E-state index contributed by atoms with van der Waals surface area (Å²) in [6, 6.07) is 3.98. The minimum Gasteiger partial charge on any atom is -0.454 e. The van der Waals surface area contributed by atoms with Gasteiger partial charge in [0, 0.05) is 13.1 Å². The predicted octanol–water partition coefficient (Wildman–Crippen LogP) is 1.93. The van der Waals surface area contributed by atoms with Gasteiger partial charge in [0.25, 0.3) is 5.69 Å². The van der Waals surface area contributed by atoms with Crippen molar-refractivity contribution < 1.29 is 14.5 Å². The zero-order valence-electron chi connectivity index (χ0n) is 9.44. The molecule has 1 aromatic heterocycles. The maximum absolute atomic E-state index is 10.8. The first-order valence-corrected chi connectivity index (χ1v) is 5.00. The molecule has 18 heavy (non-hydrogen) atoms. The van der Waals surface area contributed by atoms with Crippen molar-refractivity contribution in [1.82, 2.24) is 9.78 Å². The summed E-state index contributed by atoms with van der Waals surface area (Å²) in [5, 5.41) is 14.6. The smallest absolute Gasteiger partial charge is 0.280 e. The van der Waals surface area contributed by atoms with E-state index in [1.165, 1.54) is 24.4 Å². The first-order chi connectivity index (χ1) is 8.60. The second-order valence-corrected chi connectivity index (χ2v) is 3.55. The van der Waals surface area contributed by atoms with Gasteiger partial charge in [0.15, 0.2) is 12.0 Å². The Bertz CT molecular complexity index is 606. The van der Waals surface area contributed by atoms with E-state index in [0.29, 0.717) is 17.8 Å². The van der Waals surface area contributed by atoms with Crippen molar-refractivity contribution in [2.24, 2.45) is 7.05 Å². The number of aromatic nitrogens is 2. The van der Waals surface area contributed by atoms with Crippen molar-refractivity contribution in [1.29, 1.82) is 0 Å². The standard InChI is InChI=1S/C11H9N3O4/c1-13-6-10(5-12-13)18-9-2-3-11(14(16)17)8(4-9)7-15/h2-7H,1H3. The van der Waals surface area contributed by atoms with Gasteiger partial charge < -0.3 is 4.74 Å². The van der Waals surface area contributed by atoms with Crippen LogP contribution in [0, 0.1) is 10.1 Å². The largest absolute Gasteiger partial charge is 0.454 e. The highest BCUT2D eigenvalue weighted by atomic mass is 16.6. The number of ether oxygens (including phenoxy) is 1. The average Bonchev–Trinajstić information content (AvgIpc) is 2.74. The van der Waals surface area contributed by atoms with Crippen molar-refractivity contribution in [2.45, 2.75) is 0 Å². The van der Waals surface area contributed by atoms with Crippen molar-refractivity contribution in [3.05, 3.63) is 46.3 Å². The molecule has 0 radical (unpaired) electrons. The number of nitro groups is 1. The lowest BCUT2D eigenvalue weighted by Gasteiger charge is -2.03. The maximum atomic E-state index is 10.8. The third-order valence-corrected chi connectivity index (χ3v) is 2.24. The topological polar surface area (TPSA) is 87.3 Å². The van der Waals surface area contributed by atoms with E-state index >= 15 is 0 Å². The molecule has 2 rings (SSSR count). The Labute approximate surface area is 102 Å². The van der Waals surface area contributed by atoms with Gasteiger partial charge in [-0.05, 0) is 12.1 Å². The molecule has 92 valence electrons. The number of carbonyl (C=O) groups is 1. The third kappa shape index (κ3) is 2.34. The van der Waals surface area contributed by atoms with Crippen LogP contribution in [0.15, 0.2) is 30.6 Å². The summed E-state index contributed by atoms with van der Waals surface area (Å²) in [5.41, 5.74) is -0.273. The van der Waals surface area contributed by atoms with Gasteiger partial charge in [-0.15, -0.1) is 0 Å². The summed E-state index contributed by atoms with van der Waals surface area (Å²) in [6.45, 7) is 0. The molecule has 1 aromatic carbocycles. The average molecular weight is 247 g/mol. The van der Waals surface area contributed by atoms with Crippen LogP contribution in [0.5, 0.6) is 11.5 Å². The zero-order valence-corrected chi connectivity index (χ0v) is 9.44. The van der Waals surface area contributed by atoms with Crippen LogP contribution < -0.4 is 4.74 Å². The van der Waals surface area contributed by atoms with E-state index in [2.05, 4.69) is 5.10 Å². The third-order valence-electron chi connectivity index (χ3n) is 2.24. The van der Waals surface area contributed by atoms with Crippen molar-refractivity contribution >= 4 is 12.0 Å². The molecule has 0 aliphatic carbocycles. The number of hydrogen-bond donors (Lipinski definition) is 0.